The molecule has 20 heavy (non-hydrogen) atoms. The van der Waals surface area contributed by atoms with Crippen molar-refractivity contribution in [3.63, 3.8) is 0 Å². The van der Waals surface area contributed by atoms with Crippen molar-refractivity contribution >= 4 is 54.6 Å². The van der Waals surface area contributed by atoms with Crippen LogP contribution >= 0.6 is 31.9 Å². The lowest BCUT2D eigenvalue weighted by Gasteiger charge is -2.09. The Morgan fingerprint density at radius 2 is 1.15 bits per heavy atom. The summed E-state index contributed by atoms with van der Waals surface area (Å²) in [5.74, 6) is 0.0342. The van der Waals surface area contributed by atoms with Crippen LogP contribution in [-0.2, 0) is 9.59 Å². The molecule has 0 unspecified atom stereocenters. The second kappa shape index (κ2) is 5.93. The topological polar surface area (TPSA) is 52.6 Å². The van der Waals surface area contributed by atoms with E-state index in [2.05, 4.69) is 31.9 Å². The first kappa shape index (κ1) is 15.0. The number of hydrogen-bond acceptors (Lipinski definition) is 4. The highest BCUT2D eigenvalue weighted by atomic mass is 79.9. The SMILES string of the molecule is CC(=O)Oc1cc2cc(OC(C)=O)c(Br)cc2cc1Br. The van der Waals surface area contributed by atoms with Gasteiger partial charge < -0.3 is 9.47 Å². The zero-order valence-electron chi connectivity index (χ0n) is 10.7. The summed E-state index contributed by atoms with van der Waals surface area (Å²) in [5.41, 5.74) is 0. The minimum absolute atomic E-state index is 0.401. The van der Waals surface area contributed by atoms with Gasteiger partial charge in [0.2, 0.25) is 0 Å². The summed E-state index contributed by atoms with van der Waals surface area (Å²) in [6.45, 7) is 2.67. The molecular weight excluding hydrogens is 392 g/mol. The fourth-order valence-electron chi connectivity index (χ4n) is 1.72. The number of halogens is 2. The number of carbonyl (C=O) groups excluding carboxylic acids is 2. The second-order valence-corrected chi connectivity index (χ2v) is 5.81. The van der Waals surface area contributed by atoms with Gasteiger partial charge in [-0.3, -0.25) is 9.59 Å². The Morgan fingerprint density at radius 1 is 0.800 bits per heavy atom. The third-order valence-electron chi connectivity index (χ3n) is 2.45. The molecule has 0 saturated carbocycles. The highest BCUT2D eigenvalue weighted by molar-refractivity contribution is 9.11. The number of carbonyl (C=O) groups is 2. The lowest BCUT2D eigenvalue weighted by atomic mass is 10.1. The number of rotatable bonds is 2. The lowest BCUT2D eigenvalue weighted by molar-refractivity contribution is -0.132. The number of benzene rings is 2. The summed E-state index contributed by atoms with van der Waals surface area (Å²) in [6, 6.07) is 7.08. The van der Waals surface area contributed by atoms with Crippen molar-refractivity contribution < 1.29 is 19.1 Å². The maximum Gasteiger partial charge on any atom is 0.308 e. The van der Waals surface area contributed by atoms with Crippen LogP contribution in [0.1, 0.15) is 13.8 Å². The molecule has 0 atom stereocenters. The lowest BCUT2D eigenvalue weighted by Crippen LogP contribution is -2.03. The molecule has 0 aliphatic heterocycles. The van der Waals surface area contributed by atoms with Gasteiger partial charge in [-0.2, -0.15) is 0 Å². The molecule has 0 N–H and O–H groups in total. The van der Waals surface area contributed by atoms with Crippen LogP contribution in [0.4, 0.5) is 0 Å². The smallest absolute Gasteiger partial charge is 0.308 e. The van der Waals surface area contributed by atoms with E-state index in [0.717, 1.165) is 10.8 Å². The molecule has 0 heterocycles. The highest BCUT2D eigenvalue weighted by Gasteiger charge is 2.11. The van der Waals surface area contributed by atoms with E-state index < -0.39 is 11.9 Å². The van der Waals surface area contributed by atoms with Gasteiger partial charge in [0.1, 0.15) is 11.5 Å². The molecule has 2 aromatic carbocycles. The Bertz CT molecular complexity index is 653. The van der Waals surface area contributed by atoms with Crippen LogP contribution < -0.4 is 9.47 Å². The number of hydrogen-bond donors (Lipinski definition) is 0. The van der Waals surface area contributed by atoms with Crippen LogP contribution in [0.3, 0.4) is 0 Å². The summed E-state index contributed by atoms with van der Waals surface area (Å²) < 4.78 is 11.5. The van der Waals surface area contributed by atoms with Crippen LogP contribution in [0.5, 0.6) is 11.5 Å². The van der Waals surface area contributed by atoms with Crippen molar-refractivity contribution in [2.45, 2.75) is 13.8 Å². The molecule has 0 aliphatic rings. The fourth-order valence-corrected chi connectivity index (χ4v) is 2.60. The molecular formula is C14H10Br2O4. The van der Waals surface area contributed by atoms with E-state index >= 15 is 0 Å². The van der Waals surface area contributed by atoms with E-state index in [4.69, 9.17) is 9.47 Å². The maximum atomic E-state index is 11.0. The third-order valence-corrected chi connectivity index (χ3v) is 3.69. The van der Waals surface area contributed by atoms with Gasteiger partial charge in [-0.1, -0.05) is 0 Å². The Kier molecular flexibility index (Phi) is 4.45. The van der Waals surface area contributed by atoms with Crippen LogP contribution in [0.2, 0.25) is 0 Å². The maximum absolute atomic E-state index is 11.0. The molecule has 0 saturated heterocycles. The molecule has 0 aliphatic carbocycles. The van der Waals surface area contributed by atoms with Crippen LogP contribution in [0, 0.1) is 0 Å². The molecule has 0 bridgehead atoms. The number of ether oxygens (including phenoxy) is 2. The minimum atomic E-state index is -0.401. The van der Waals surface area contributed by atoms with Gasteiger partial charge in [0, 0.05) is 13.8 Å². The Labute approximate surface area is 132 Å². The van der Waals surface area contributed by atoms with Crippen molar-refractivity contribution in [3.05, 3.63) is 33.2 Å². The molecule has 0 aromatic heterocycles. The molecule has 0 fully saturated rings. The number of esters is 2. The van der Waals surface area contributed by atoms with Gasteiger partial charge in [0.25, 0.3) is 0 Å². The second-order valence-electron chi connectivity index (χ2n) is 4.10. The van der Waals surface area contributed by atoms with Crippen LogP contribution in [-0.4, -0.2) is 11.9 Å². The van der Waals surface area contributed by atoms with Gasteiger partial charge in [-0.15, -0.1) is 0 Å². The Balaban J connectivity index is 2.56. The normalized spacial score (nSPS) is 10.4. The monoisotopic (exact) mass is 400 g/mol. The van der Waals surface area contributed by atoms with E-state index in [1.54, 1.807) is 12.1 Å². The van der Waals surface area contributed by atoms with Crippen LogP contribution in [0.25, 0.3) is 10.8 Å². The van der Waals surface area contributed by atoms with Crippen molar-refractivity contribution in [1.29, 1.82) is 0 Å². The van der Waals surface area contributed by atoms with Gasteiger partial charge in [0.15, 0.2) is 0 Å². The van der Waals surface area contributed by atoms with Crippen molar-refractivity contribution in [2.75, 3.05) is 0 Å². The summed E-state index contributed by atoms with van der Waals surface area (Å²) in [4.78, 5) is 22.1. The van der Waals surface area contributed by atoms with Gasteiger partial charge >= 0.3 is 11.9 Å². The molecule has 0 radical (unpaired) electrons. The minimum Gasteiger partial charge on any atom is -0.425 e. The first-order valence-corrected chi connectivity index (χ1v) is 7.25. The average molecular weight is 402 g/mol. The van der Waals surface area contributed by atoms with Gasteiger partial charge in [0.05, 0.1) is 8.95 Å². The molecule has 104 valence electrons. The Hall–Kier alpha value is -1.40. The molecule has 2 rings (SSSR count). The highest BCUT2D eigenvalue weighted by Crippen LogP contribution is 2.36. The van der Waals surface area contributed by atoms with E-state index in [9.17, 15) is 9.59 Å². The quantitative estimate of drug-likeness (QED) is 0.558. The fraction of sp³-hybridized carbons (Fsp3) is 0.143. The zero-order chi connectivity index (χ0) is 14.9. The average Bonchev–Trinajstić information content (AvgIpc) is 2.31. The summed E-state index contributed by atoms with van der Waals surface area (Å²) in [5, 5.41) is 1.71. The van der Waals surface area contributed by atoms with Crippen molar-refractivity contribution in [2.24, 2.45) is 0 Å². The molecule has 0 amide bonds. The molecule has 0 spiro atoms. The zero-order valence-corrected chi connectivity index (χ0v) is 13.9. The number of fused-ring (bicyclic) bond motifs is 1. The summed E-state index contributed by atoms with van der Waals surface area (Å²) >= 11 is 6.70. The van der Waals surface area contributed by atoms with E-state index in [1.165, 1.54) is 13.8 Å². The van der Waals surface area contributed by atoms with Crippen molar-refractivity contribution in [1.82, 2.24) is 0 Å². The predicted octanol–water partition coefficient (Wildman–Crippen LogP) is 4.22. The third kappa shape index (κ3) is 3.37. The largest absolute Gasteiger partial charge is 0.425 e. The predicted molar refractivity (Wildman–Crippen MR) is 82.0 cm³/mol. The van der Waals surface area contributed by atoms with Crippen LogP contribution in [0.15, 0.2) is 33.2 Å². The van der Waals surface area contributed by atoms with E-state index in [-0.39, 0.29) is 0 Å². The van der Waals surface area contributed by atoms with Crippen molar-refractivity contribution in [3.8, 4) is 11.5 Å². The van der Waals surface area contributed by atoms with Gasteiger partial charge in [-0.25, -0.2) is 0 Å². The summed E-state index contributed by atoms with van der Waals surface area (Å²) in [6.07, 6.45) is 0. The van der Waals surface area contributed by atoms with E-state index in [0.29, 0.717) is 20.4 Å². The summed E-state index contributed by atoms with van der Waals surface area (Å²) in [7, 11) is 0. The van der Waals surface area contributed by atoms with Gasteiger partial charge in [-0.05, 0) is 66.9 Å². The standard InChI is InChI=1S/C14H10Br2O4/c1-7(17)19-13-5-10-6-14(20-8(2)18)12(16)4-9(10)3-11(13)15/h3-6H,1-2H3. The molecule has 2 aromatic rings. The first-order valence-electron chi connectivity index (χ1n) is 5.66. The van der Waals surface area contributed by atoms with E-state index in [1.807, 2.05) is 12.1 Å². The molecule has 4 nitrogen and oxygen atoms in total. The molecule has 6 heteroatoms. The Morgan fingerprint density at radius 3 is 1.50 bits per heavy atom. The first-order chi connectivity index (χ1) is 9.36.